The van der Waals surface area contributed by atoms with Crippen LogP contribution in [0.2, 0.25) is 0 Å². The van der Waals surface area contributed by atoms with Gasteiger partial charge in [0.1, 0.15) is 6.04 Å². The van der Waals surface area contributed by atoms with Crippen molar-refractivity contribution in [3.05, 3.63) is 0 Å². The van der Waals surface area contributed by atoms with Gasteiger partial charge in [0.25, 0.3) is 0 Å². The second kappa shape index (κ2) is 4.64. The highest BCUT2D eigenvalue weighted by molar-refractivity contribution is 5.85. The van der Waals surface area contributed by atoms with Crippen molar-refractivity contribution in [1.29, 1.82) is 0 Å². The topological polar surface area (TPSA) is 83.5 Å². The fourth-order valence-corrected chi connectivity index (χ4v) is 0.674. The van der Waals surface area contributed by atoms with E-state index in [1.54, 1.807) is 20.8 Å². The lowest BCUT2D eigenvalue weighted by molar-refractivity contribution is -0.143. The number of carboxylic acid groups (broad SMARTS) is 1. The summed E-state index contributed by atoms with van der Waals surface area (Å²) in [6.45, 7) is 5.21. The van der Waals surface area contributed by atoms with Gasteiger partial charge in [-0.05, 0) is 5.41 Å². The zero-order valence-corrected chi connectivity index (χ0v) is 8.26. The molecule has 0 aliphatic heterocycles. The average molecular weight is 198 g/mol. The molecule has 0 bridgehead atoms. The molecule has 0 amide bonds. The fraction of sp³-hybridized carbons (Fsp3) is 0.857. The van der Waals surface area contributed by atoms with Crippen molar-refractivity contribution in [3.8, 4) is 0 Å². The molecule has 0 saturated carbocycles. The van der Waals surface area contributed by atoms with E-state index in [1.807, 2.05) is 0 Å². The molecule has 0 rings (SSSR count). The van der Waals surface area contributed by atoms with E-state index < -0.39 is 23.5 Å². The van der Waals surface area contributed by atoms with Gasteiger partial charge in [-0.1, -0.05) is 20.8 Å². The molecule has 0 spiro atoms. The fourth-order valence-electron chi connectivity index (χ4n) is 0.674. The van der Waals surface area contributed by atoms with Gasteiger partial charge in [0, 0.05) is 0 Å². The zero-order valence-electron chi connectivity index (χ0n) is 7.44. The van der Waals surface area contributed by atoms with Crippen LogP contribution in [0.25, 0.3) is 0 Å². The summed E-state index contributed by atoms with van der Waals surface area (Å²) in [6.07, 6.45) is -1.01. The smallest absolute Gasteiger partial charge is 0.323 e. The first-order valence-corrected chi connectivity index (χ1v) is 3.43. The monoisotopic (exact) mass is 197 g/mol. The lowest BCUT2D eigenvalue weighted by Gasteiger charge is -2.28. The van der Waals surface area contributed by atoms with Gasteiger partial charge < -0.3 is 15.9 Å². The Bertz CT molecular complexity index is 155. The van der Waals surface area contributed by atoms with Gasteiger partial charge in [-0.15, -0.1) is 12.4 Å². The minimum Gasteiger partial charge on any atom is -0.480 e. The van der Waals surface area contributed by atoms with E-state index in [-0.39, 0.29) is 12.4 Å². The largest absolute Gasteiger partial charge is 0.480 e. The third-order valence-corrected chi connectivity index (χ3v) is 1.51. The van der Waals surface area contributed by atoms with E-state index in [1.165, 1.54) is 0 Å². The van der Waals surface area contributed by atoms with Crippen molar-refractivity contribution in [2.75, 3.05) is 0 Å². The molecule has 4 nitrogen and oxygen atoms in total. The molecule has 74 valence electrons. The maximum absolute atomic E-state index is 10.3. The molecule has 0 radical (unpaired) electrons. The minimum absolute atomic E-state index is 0. The van der Waals surface area contributed by atoms with E-state index in [4.69, 9.17) is 10.8 Å². The number of aliphatic hydroxyl groups excluding tert-OH is 1. The van der Waals surface area contributed by atoms with Gasteiger partial charge in [0.2, 0.25) is 0 Å². The van der Waals surface area contributed by atoms with Gasteiger partial charge in [-0.25, -0.2) is 0 Å². The van der Waals surface area contributed by atoms with Crippen LogP contribution in [0.15, 0.2) is 0 Å². The zero-order chi connectivity index (χ0) is 9.23. The molecular weight excluding hydrogens is 182 g/mol. The third kappa shape index (κ3) is 3.90. The Hall–Kier alpha value is -0.320. The summed E-state index contributed by atoms with van der Waals surface area (Å²) >= 11 is 0. The first-order chi connectivity index (χ1) is 4.76. The summed E-state index contributed by atoms with van der Waals surface area (Å²) in [4.78, 5) is 10.3. The van der Waals surface area contributed by atoms with Crippen molar-refractivity contribution >= 4 is 18.4 Å². The summed E-state index contributed by atoms with van der Waals surface area (Å²) in [6, 6.07) is -1.20. The second-order valence-electron chi connectivity index (χ2n) is 3.67. The molecular formula is C7H16ClNO3. The molecule has 0 heterocycles. The number of carboxylic acids is 1. The van der Waals surface area contributed by atoms with Crippen molar-refractivity contribution in [3.63, 3.8) is 0 Å². The lowest BCUT2D eigenvalue weighted by atomic mass is 9.85. The molecule has 2 atom stereocenters. The van der Waals surface area contributed by atoms with E-state index in [0.717, 1.165) is 0 Å². The standard InChI is InChI=1S/C7H15NO3.ClH/c1-7(2,3)5(9)4(8)6(10)11;/h4-5,9H,8H2,1-3H3,(H,10,11);1H. The Balaban J connectivity index is 0. The molecule has 0 aromatic heterocycles. The van der Waals surface area contributed by atoms with E-state index in [2.05, 4.69) is 0 Å². The quantitative estimate of drug-likeness (QED) is 0.592. The van der Waals surface area contributed by atoms with E-state index >= 15 is 0 Å². The molecule has 5 heteroatoms. The van der Waals surface area contributed by atoms with Crippen LogP contribution < -0.4 is 5.73 Å². The maximum atomic E-state index is 10.3. The van der Waals surface area contributed by atoms with Gasteiger partial charge in [-0.3, -0.25) is 4.79 Å². The van der Waals surface area contributed by atoms with Crippen LogP contribution in [0.5, 0.6) is 0 Å². The van der Waals surface area contributed by atoms with Crippen LogP contribution in [-0.2, 0) is 4.79 Å². The molecule has 0 saturated heterocycles. The molecule has 0 aromatic carbocycles. The van der Waals surface area contributed by atoms with Crippen molar-refractivity contribution < 1.29 is 15.0 Å². The number of carbonyl (C=O) groups is 1. The molecule has 0 aliphatic carbocycles. The predicted molar refractivity (Wildman–Crippen MR) is 48.3 cm³/mol. The maximum Gasteiger partial charge on any atom is 0.323 e. The average Bonchev–Trinajstić information content (AvgIpc) is 1.82. The van der Waals surface area contributed by atoms with Crippen LogP contribution in [0, 0.1) is 5.41 Å². The SMILES string of the molecule is CC(C)(C)C(O)C(N)C(=O)O.Cl. The van der Waals surface area contributed by atoms with E-state index in [0.29, 0.717) is 0 Å². The summed E-state index contributed by atoms with van der Waals surface area (Å²) < 4.78 is 0. The molecule has 0 fully saturated rings. The van der Waals surface area contributed by atoms with Crippen molar-refractivity contribution in [2.24, 2.45) is 11.1 Å². The number of rotatable bonds is 2. The van der Waals surface area contributed by atoms with Crippen molar-refractivity contribution in [1.82, 2.24) is 0 Å². The Kier molecular flexibility index (Phi) is 5.50. The van der Waals surface area contributed by atoms with E-state index in [9.17, 15) is 9.90 Å². The molecule has 12 heavy (non-hydrogen) atoms. The Morgan fingerprint density at radius 2 is 1.75 bits per heavy atom. The molecule has 4 N–H and O–H groups in total. The molecule has 0 aliphatic rings. The summed E-state index contributed by atoms with van der Waals surface area (Å²) in [5.41, 5.74) is 4.71. The highest BCUT2D eigenvalue weighted by atomic mass is 35.5. The first kappa shape index (κ1) is 14.2. The number of hydrogen-bond acceptors (Lipinski definition) is 3. The molecule has 2 unspecified atom stereocenters. The normalized spacial score (nSPS) is 16.1. The predicted octanol–water partition coefficient (Wildman–Crippen LogP) is 0.227. The Labute approximate surface area is 78.2 Å². The number of aliphatic carboxylic acids is 1. The number of halogens is 1. The third-order valence-electron chi connectivity index (χ3n) is 1.51. The highest BCUT2D eigenvalue weighted by Gasteiger charge is 2.32. The first-order valence-electron chi connectivity index (χ1n) is 3.43. The minimum atomic E-state index is -1.20. The second-order valence-corrected chi connectivity index (χ2v) is 3.67. The van der Waals surface area contributed by atoms with Crippen molar-refractivity contribution in [2.45, 2.75) is 32.9 Å². The Morgan fingerprint density at radius 3 is 1.83 bits per heavy atom. The van der Waals surface area contributed by atoms with Gasteiger partial charge in [0.05, 0.1) is 6.10 Å². The lowest BCUT2D eigenvalue weighted by Crippen LogP contribution is -2.48. The summed E-state index contributed by atoms with van der Waals surface area (Å²) in [7, 11) is 0. The van der Waals surface area contributed by atoms with Gasteiger partial charge in [-0.2, -0.15) is 0 Å². The van der Waals surface area contributed by atoms with Crippen LogP contribution in [0.1, 0.15) is 20.8 Å². The summed E-state index contributed by atoms with van der Waals surface area (Å²) in [5, 5.41) is 17.7. The van der Waals surface area contributed by atoms with Crippen LogP contribution >= 0.6 is 12.4 Å². The van der Waals surface area contributed by atoms with Gasteiger partial charge >= 0.3 is 5.97 Å². The van der Waals surface area contributed by atoms with Crippen LogP contribution in [0.4, 0.5) is 0 Å². The number of nitrogens with two attached hydrogens (primary N) is 1. The molecule has 0 aromatic rings. The Morgan fingerprint density at radius 1 is 1.42 bits per heavy atom. The van der Waals surface area contributed by atoms with Crippen LogP contribution in [-0.4, -0.2) is 28.3 Å². The highest BCUT2D eigenvalue weighted by Crippen LogP contribution is 2.20. The summed E-state index contributed by atoms with van der Waals surface area (Å²) in [5.74, 6) is -1.17. The van der Waals surface area contributed by atoms with Gasteiger partial charge in [0.15, 0.2) is 0 Å². The van der Waals surface area contributed by atoms with Crippen LogP contribution in [0.3, 0.4) is 0 Å². The number of aliphatic hydroxyl groups is 1. The number of hydrogen-bond donors (Lipinski definition) is 3.